The van der Waals surface area contributed by atoms with Crippen LogP contribution in [0.5, 0.6) is 5.75 Å². The molecule has 1 fully saturated rings. The summed E-state index contributed by atoms with van der Waals surface area (Å²) in [6, 6.07) is 20.2. The molecular formula is C29H31N3O4. The van der Waals surface area contributed by atoms with Crippen molar-refractivity contribution in [2.24, 2.45) is 5.92 Å². The Labute approximate surface area is 211 Å². The lowest BCUT2D eigenvalue weighted by molar-refractivity contribution is -0.122. The van der Waals surface area contributed by atoms with Gasteiger partial charge in [-0.25, -0.2) is 0 Å². The zero-order valence-corrected chi connectivity index (χ0v) is 20.8. The Morgan fingerprint density at radius 1 is 1.00 bits per heavy atom. The first-order valence-electron chi connectivity index (χ1n) is 12.1. The molecule has 0 radical (unpaired) electrons. The summed E-state index contributed by atoms with van der Waals surface area (Å²) in [5.41, 5.74) is 4.69. The smallest absolute Gasteiger partial charge is 0.253 e. The number of carbonyl (C=O) groups excluding carboxylic acids is 3. The quantitative estimate of drug-likeness (QED) is 0.487. The van der Waals surface area contributed by atoms with E-state index in [0.717, 1.165) is 28.1 Å². The highest BCUT2D eigenvalue weighted by Crippen LogP contribution is 2.30. The minimum atomic E-state index is -0.502. The number of amides is 3. The van der Waals surface area contributed by atoms with E-state index in [9.17, 15) is 14.4 Å². The van der Waals surface area contributed by atoms with Crippen LogP contribution < -0.4 is 20.3 Å². The van der Waals surface area contributed by atoms with Crippen LogP contribution >= 0.6 is 0 Å². The van der Waals surface area contributed by atoms with Crippen molar-refractivity contribution < 1.29 is 19.1 Å². The van der Waals surface area contributed by atoms with Crippen LogP contribution in [0.25, 0.3) is 0 Å². The van der Waals surface area contributed by atoms with Gasteiger partial charge in [-0.05, 0) is 67.8 Å². The molecule has 3 aromatic rings. The fourth-order valence-corrected chi connectivity index (χ4v) is 4.32. The molecule has 3 aromatic carbocycles. The SMILES string of the molecule is CCOc1ccc(CNC(=O)c2ccccc2NC(=O)[C@H]2CC(=O)N(c3cccc(C)c3C)C2)cc1. The molecule has 1 aliphatic rings. The van der Waals surface area contributed by atoms with Crippen molar-refractivity contribution in [2.45, 2.75) is 33.7 Å². The number of nitrogens with zero attached hydrogens (tertiary/aromatic N) is 1. The molecule has 0 saturated carbocycles. The lowest BCUT2D eigenvalue weighted by Gasteiger charge is -2.20. The lowest BCUT2D eigenvalue weighted by atomic mass is 10.1. The molecular weight excluding hydrogens is 454 g/mol. The molecule has 3 amide bonds. The van der Waals surface area contributed by atoms with Gasteiger partial charge in [-0.1, -0.05) is 36.4 Å². The van der Waals surface area contributed by atoms with Crippen molar-refractivity contribution in [3.05, 3.63) is 89.0 Å². The predicted octanol–water partition coefficient (Wildman–Crippen LogP) is 4.62. The molecule has 186 valence electrons. The van der Waals surface area contributed by atoms with E-state index in [1.807, 2.05) is 63.2 Å². The third-order valence-corrected chi connectivity index (χ3v) is 6.48. The summed E-state index contributed by atoms with van der Waals surface area (Å²) in [4.78, 5) is 40.4. The topological polar surface area (TPSA) is 87.7 Å². The highest BCUT2D eigenvalue weighted by molar-refractivity contribution is 6.07. The second-order valence-electron chi connectivity index (χ2n) is 8.92. The van der Waals surface area contributed by atoms with E-state index < -0.39 is 5.92 Å². The number of rotatable bonds is 8. The Morgan fingerprint density at radius 3 is 2.50 bits per heavy atom. The number of hydrogen-bond acceptors (Lipinski definition) is 4. The van der Waals surface area contributed by atoms with Gasteiger partial charge in [0.15, 0.2) is 0 Å². The summed E-state index contributed by atoms with van der Waals surface area (Å²) in [6.45, 7) is 7.15. The van der Waals surface area contributed by atoms with Crippen molar-refractivity contribution >= 4 is 29.1 Å². The number of hydrogen-bond donors (Lipinski definition) is 2. The minimum absolute atomic E-state index is 0.0785. The maximum Gasteiger partial charge on any atom is 0.253 e. The van der Waals surface area contributed by atoms with E-state index in [0.29, 0.717) is 30.9 Å². The van der Waals surface area contributed by atoms with E-state index >= 15 is 0 Å². The first-order chi connectivity index (χ1) is 17.4. The summed E-state index contributed by atoms with van der Waals surface area (Å²) in [6.07, 6.45) is 0.130. The largest absolute Gasteiger partial charge is 0.494 e. The fraction of sp³-hybridized carbons (Fsp3) is 0.276. The van der Waals surface area contributed by atoms with Crippen LogP contribution in [0.15, 0.2) is 66.7 Å². The molecule has 0 unspecified atom stereocenters. The van der Waals surface area contributed by atoms with Gasteiger partial charge < -0.3 is 20.3 Å². The second-order valence-corrected chi connectivity index (χ2v) is 8.92. The molecule has 0 aromatic heterocycles. The maximum atomic E-state index is 13.1. The Morgan fingerprint density at radius 2 is 1.75 bits per heavy atom. The normalized spacial score (nSPS) is 15.0. The number of ether oxygens (including phenoxy) is 1. The molecule has 1 saturated heterocycles. The van der Waals surface area contributed by atoms with Gasteiger partial charge in [0.05, 0.1) is 23.8 Å². The van der Waals surface area contributed by atoms with E-state index in [2.05, 4.69) is 10.6 Å². The third-order valence-electron chi connectivity index (χ3n) is 6.48. The summed E-state index contributed by atoms with van der Waals surface area (Å²) in [5.74, 6) is -0.369. The van der Waals surface area contributed by atoms with Crippen LogP contribution in [-0.2, 0) is 16.1 Å². The van der Waals surface area contributed by atoms with Crippen molar-refractivity contribution in [3.8, 4) is 5.75 Å². The van der Waals surface area contributed by atoms with E-state index in [-0.39, 0.29) is 24.1 Å². The van der Waals surface area contributed by atoms with Gasteiger partial charge in [0.1, 0.15) is 5.75 Å². The summed E-state index contributed by atoms with van der Waals surface area (Å²) in [7, 11) is 0. The van der Waals surface area contributed by atoms with Gasteiger partial charge >= 0.3 is 0 Å². The number of carbonyl (C=O) groups is 3. The van der Waals surface area contributed by atoms with Crippen LogP contribution in [0.4, 0.5) is 11.4 Å². The zero-order valence-electron chi connectivity index (χ0n) is 20.8. The van der Waals surface area contributed by atoms with Crippen molar-refractivity contribution in [2.75, 3.05) is 23.4 Å². The molecule has 1 atom stereocenters. The second kappa shape index (κ2) is 11.1. The molecule has 7 heteroatoms. The van der Waals surface area contributed by atoms with E-state index in [4.69, 9.17) is 4.74 Å². The molecule has 36 heavy (non-hydrogen) atoms. The number of aryl methyl sites for hydroxylation is 1. The van der Waals surface area contributed by atoms with Gasteiger partial charge in [0, 0.05) is 25.2 Å². The van der Waals surface area contributed by atoms with Gasteiger partial charge in [0.2, 0.25) is 11.8 Å². The van der Waals surface area contributed by atoms with E-state index in [1.165, 1.54) is 0 Å². The van der Waals surface area contributed by atoms with Crippen molar-refractivity contribution in [1.29, 1.82) is 0 Å². The highest BCUT2D eigenvalue weighted by atomic mass is 16.5. The standard InChI is InChI=1S/C29H31N3O4/c1-4-36-23-14-12-21(13-15-23)17-30-29(35)24-9-5-6-10-25(24)31-28(34)22-16-27(33)32(18-22)26-11-7-8-19(2)20(26)3/h5-15,22H,4,16-18H2,1-3H3,(H,30,35)(H,31,34)/t22-/m0/s1. The van der Waals surface area contributed by atoms with Crippen LogP contribution in [0, 0.1) is 19.8 Å². The molecule has 1 aliphatic heterocycles. The van der Waals surface area contributed by atoms with Crippen LogP contribution in [0.2, 0.25) is 0 Å². The summed E-state index contributed by atoms with van der Waals surface area (Å²) >= 11 is 0. The first kappa shape index (κ1) is 25.0. The van der Waals surface area contributed by atoms with E-state index in [1.54, 1.807) is 29.2 Å². The Bertz CT molecular complexity index is 1270. The first-order valence-corrected chi connectivity index (χ1v) is 12.1. The summed E-state index contributed by atoms with van der Waals surface area (Å²) < 4.78 is 5.45. The minimum Gasteiger partial charge on any atom is -0.494 e. The fourth-order valence-electron chi connectivity index (χ4n) is 4.32. The Kier molecular flexibility index (Phi) is 7.68. The average molecular weight is 486 g/mol. The van der Waals surface area contributed by atoms with Crippen LogP contribution in [0.1, 0.15) is 40.4 Å². The number of nitrogens with one attached hydrogen (secondary N) is 2. The highest BCUT2D eigenvalue weighted by Gasteiger charge is 2.36. The number of para-hydroxylation sites is 1. The van der Waals surface area contributed by atoms with Crippen LogP contribution in [-0.4, -0.2) is 30.9 Å². The third kappa shape index (κ3) is 5.57. The zero-order chi connectivity index (χ0) is 25.7. The lowest BCUT2D eigenvalue weighted by Crippen LogP contribution is -2.30. The van der Waals surface area contributed by atoms with Gasteiger partial charge in [-0.2, -0.15) is 0 Å². The average Bonchev–Trinajstić information content (AvgIpc) is 3.27. The Balaban J connectivity index is 1.40. The van der Waals surface area contributed by atoms with Gasteiger partial charge in [0.25, 0.3) is 5.91 Å². The molecule has 4 rings (SSSR count). The van der Waals surface area contributed by atoms with Gasteiger partial charge in [-0.15, -0.1) is 0 Å². The maximum absolute atomic E-state index is 13.1. The molecule has 2 N–H and O–H groups in total. The molecule has 1 heterocycles. The van der Waals surface area contributed by atoms with Crippen molar-refractivity contribution in [1.82, 2.24) is 5.32 Å². The number of benzene rings is 3. The summed E-state index contributed by atoms with van der Waals surface area (Å²) in [5, 5.41) is 5.78. The van der Waals surface area contributed by atoms with Gasteiger partial charge in [-0.3, -0.25) is 14.4 Å². The molecule has 7 nitrogen and oxygen atoms in total. The van der Waals surface area contributed by atoms with Crippen LogP contribution in [0.3, 0.4) is 0 Å². The molecule has 0 spiro atoms. The monoisotopic (exact) mass is 485 g/mol. The predicted molar refractivity (Wildman–Crippen MR) is 140 cm³/mol. The van der Waals surface area contributed by atoms with Crippen molar-refractivity contribution in [3.63, 3.8) is 0 Å². The molecule has 0 bridgehead atoms. The molecule has 0 aliphatic carbocycles. The number of anilines is 2. The Hall–Kier alpha value is -4.13.